The maximum Gasteiger partial charge on any atom is 0.257 e. The van der Waals surface area contributed by atoms with E-state index in [-0.39, 0.29) is 18.3 Å². The van der Waals surface area contributed by atoms with Crippen LogP contribution in [0.3, 0.4) is 0 Å². The fourth-order valence-corrected chi connectivity index (χ4v) is 3.93. The van der Waals surface area contributed by atoms with Crippen molar-refractivity contribution in [1.29, 1.82) is 0 Å². The molecule has 1 N–H and O–H groups in total. The number of benzene rings is 2. The number of piperidine rings is 1. The van der Waals surface area contributed by atoms with Crippen LogP contribution in [0.15, 0.2) is 40.9 Å². The highest BCUT2D eigenvalue weighted by molar-refractivity contribution is 6.01. The monoisotopic (exact) mass is 429 g/mol. The van der Waals surface area contributed by atoms with E-state index in [9.17, 15) is 4.79 Å². The summed E-state index contributed by atoms with van der Waals surface area (Å²) in [6.07, 6.45) is 2.09. The van der Waals surface area contributed by atoms with Crippen LogP contribution in [0.4, 0.5) is 0 Å². The van der Waals surface area contributed by atoms with Crippen LogP contribution in [0, 0.1) is 13.8 Å². The number of carbonyl (C=O) groups excluding carboxylic acids is 1. The van der Waals surface area contributed by atoms with Crippen molar-refractivity contribution >= 4 is 29.1 Å². The fraction of sp³-hybridized carbons (Fsp3) is 0.391. The third-order valence-electron chi connectivity index (χ3n) is 5.75. The van der Waals surface area contributed by atoms with Crippen LogP contribution in [-0.4, -0.2) is 42.1 Å². The van der Waals surface area contributed by atoms with E-state index in [0.29, 0.717) is 30.5 Å². The van der Waals surface area contributed by atoms with Gasteiger partial charge in [0.1, 0.15) is 18.1 Å². The summed E-state index contributed by atoms with van der Waals surface area (Å²) in [6.45, 7) is 5.57. The maximum absolute atomic E-state index is 13.4. The van der Waals surface area contributed by atoms with Gasteiger partial charge in [-0.15, -0.1) is 12.4 Å². The summed E-state index contributed by atoms with van der Waals surface area (Å²) in [7, 11) is 1.95. The Balaban J connectivity index is 0.00000256. The molecule has 0 bridgehead atoms. The molecule has 6 nitrogen and oxygen atoms in total. The summed E-state index contributed by atoms with van der Waals surface area (Å²) in [4.78, 5) is 15.3. The summed E-state index contributed by atoms with van der Waals surface area (Å²) in [6, 6.07) is 12.3. The number of amides is 1. The van der Waals surface area contributed by atoms with Crippen molar-refractivity contribution < 1.29 is 14.1 Å². The SMILES string of the molecule is CNC1CCCN(C(=O)c2cc3ccccc3cc2OCc2c(C)noc2C)C1.Cl. The maximum atomic E-state index is 13.4. The summed E-state index contributed by atoms with van der Waals surface area (Å²) < 4.78 is 11.4. The van der Waals surface area contributed by atoms with Crippen molar-refractivity contribution in [2.24, 2.45) is 0 Å². The molecule has 1 aromatic heterocycles. The molecule has 0 radical (unpaired) electrons. The Morgan fingerprint density at radius 3 is 2.67 bits per heavy atom. The first-order valence-corrected chi connectivity index (χ1v) is 10.1. The number of nitrogens with zero attached hydrogens (tertiary/aromatic N) is 2. The standard InChI is InChI=1S/C23H27N3O3.ClH/c1-15-21(16(2)29-25-15)14-28-22-12-18-8-5-4-7-17(18)11-20(22)23(27)26-10-6-9-19(13-26)24-3;/h4-5,7-8,11-12,19,24H,6,9-10,13-14H2,1-3H3;1H. The first-order valence-electron chi connectivity index (χ1n) is 10.1. The lowest BCUT2D eigenvalue weighted by atomic mass is 10.0. The topological polar surface area (TPSA) is 67.6 Å². The molecule has 4 rings (SSSR count). The highest BCUT2D eigenvalue weighted by Gasteiger charge is 2.26. The molecule has 2 aromatic carbocycles. The third-order valence-corrected chi connectivity index (χ3v) is 5.75. The molecule has 1 saturated heterocycles. The Bertz CT molecular complexity index is 1010. The molecular weight excluding hydrogens is 402 g/mol. The second kappa shape index (κ2) is 9.49. The van der Waals surface area contributed by atoms with Crippen LogP contribution in [0.5, 0.6) is 5.75 Å². The minimum Gasteiger partial charge on any atom is -0.488 e. The first-order chi connectivity index (χ1) is 14.1. The Morgan fingerprint density at radius 2 is 2.00 bits per heavy atom. The second-order valence-electron chi connectivity index (χ2n) is 7.67. The molecule has 0 spiro atoms. The third kappa shape index (κ3) is 4.45. The number of hydrogen-bond donors (Lipinski definition) is 1. The number of hydrogen-bond acceptors (Lipinski definition) is 5. The van der Waals surface area contributed by atoms with Crippen molar-refractivity contribution in [1.82, 2.24) is 15.4 Å². The van der Waals surface area contributed by atoms with Crippen LogP contribution < -0.4 is 10.1 Å². The Labute approximate surface area is 183 Å². The predicted octanol–water partition coefficient (Wildman–Crippen LogP) is 4.27. The summed E-state index contributed by atoms with van der Waals surface area (Å²) in [5, 5.41) is 9.36. The smallest absolute Gasteiger partial charge is 0.257 e. The fourth-order valence-electron chi connectivity index (χ4n) is 3.93. The van der Waals surface area contributed by atoms with E-state index in [1.807, 2.05) is 62.2 Å². The number of rotatable bonds is 5. The molecular formula is C23H28ClN3O3. The molecule has 1 fully saturated rings. The molecule has 160 valence electrons. The van der Waals surface area contributed by atoms with Crippen LogP contribution >= 0.6 is 12.4 Å². The molecule has 1 atom stereocenters. The van der Waals surface area contributed by atoms with Crippen molar-refractivity contribution in [2.45, 2.75) is 39.3 Å². The molecule has 0 saturated carbocycles. The second-order valence-corrected chi connectivity index (χ2v) is 7.67. The zero-order valence-corrected chi connectivity index (χ0v) is 18.4. The van der Waals surface area contributed by atoms with Gasteiger partial charge in [0.15, 0.2) is 0 Å². The van der Waals surface area contributed by atoms with Gasteiger partial charge in [-0.05, 0) is 56.6 Å². The molecule has 0 aliphatic carbocycles. The molecule has 1 amide bonds. The Kier molecular flexibility index (Phi) is 7.00. The predicted molar refractivity (Wildman–Crippen MR) is 119 cm³/mol. The number of likely N-dealkylation sites (N-methyl/N-ethyl adjacent to an activating group) is 1. The lowest BCUT2D eigenvalue weighted by molar-refractivity contribution is 0.0693. The van der Waals surface area contributed by atoms with E-state index in [0.717, 1.165) is 47.2 Å². The van der Waals surface area contributed by atoms with Crippen molar-refractivity contribution in [3.05, 3.63) is 59.0 Å². The Morgan fingerprint density at radius 1 is 1.27 bits per heavy atom. The number of fused-ring (bicyclic) bond motifs is 1. The summed E-state index contributed by atoms with van der Waals surface area (Å²) >= 11 is 0. The van der Waals surface area contributed by atoms with Crippen LogP contribution in [0.2, 0.25) is 0 Å². The highest BCUT2D eigenvalue weighted by Crippen LogP contribution is 2.29. The van der Waals surface area contributed by atoms with Gasteiger partial charge in [0.2, 0.25) is 0 Å². The number of nitrogens with one attached hydrogen (secondary N) is 1. The normalized spacial score (nSPS) is 16.4. The van der Waals surface area contributed by atoms with Crippen LogP contribution in [-0.2, 0) is 6.61 Å². The van der Waals surface area contributed by atoms with Gasteiger partial charge < -0.3 is 19.5 Å². The molecule has 3 aromatic rings. The van der Waals surface area contributed by atoms with Gasteiger partial charge in [-0.2, -0.15) is 0 Å². The number of aromatic nitrogens is 1. The van der Waals surface area contributed by atoms with Crippen LogP contribution in [0.25, 0.3) is 10.8 Å². The van der Waals surface area contributed by atoms with Crippen molar-refractivity contribution in [3.8, 4) is 5.75 Å². The van der Waals surface area contributed by atoms with E-state index in [4.69, 9.17) is 9.26 Å². The van der Waals surface area contributed by atoms with Gasteiger partial charge in [-0.3, -0.25) is 4.79 Å². The van der Waals surface area contributed by atoms with Crippen molar-refractivity contribution in [2.75, 3.05) is 20.1 Å². The summed E-state index contributed by atoms with van der Waals surface area (Å²) in [5.41, 5.74) is 2.33. The molecule has 2 heterocycles. The average molecular weight is 430 g/mol. The average Bonchev–Trinajstić information content (AvgIpc) is 3.08. The van der Waals surface area contributed by atoms with E-state index in [2.05, 4.69) is 10.5 Å². The van der Waals surface area contributed by atoms with Crippen molar-refractivity contribution in [3.63, 3.8) is 0 Å². The Hall–Kier alpha value is -2.57. The largest absolute Gasteiger partial charge is 0.488 e. The molecule has 7 heteroatoms. The van der Waals surface area contributed by atoms with Gasteiger partial charge in [-0.1, -0.05) is 29.4 Å². The van der Waals surface area contributed by atoms with Crippen LogP contribution in [0.1, 0.15) is 40.2 Å². The first kappa shape index (κ1) is 22.1. The number of aryl methyl sites for hydroxylation is 2. The van der Waals surface area contributed by atoms with Gasteiger partial charge in [0, 0.05) is 19.1 Å². The van der Waals surface area contributed by atoms with Gasteiger partial charge in [0.05, 0.1) is 16.8 Å². The van der Waals surface area contributed by atoms with Gasteiger partial charge >= 0.3 is 0 Å². The van der Waals surface area contributed by atoms with E-state index in [1.165, 1.54) is 0 Å². The molecule has 1 aliphatic heterocycles. The number of ether oxygens (including phenoxy) is 1. The lowest BCUT2D eigenvalue weighted by Crippen LogP contribution is -2.47. The lowest BCUT2D eigenvalue weighted by Gasteiger charge is -2.33. The molecule has 30 heavy (non-hydrogen) atoms. The highest BCUT2D eigenvalue weighted by atomic mass is 35.5. The molecule has 1 unspecified atom stereocenters. The quantitative estimate of drug-likeness (QED) is 0.656. The summed E-state index contributed by atoms with van der Waals surface area (Å²) in [5.74, 6) is 1.36. The zero-order chi connectivity index (χ0) is 20.4. The number of likely N-dealkylation sites (tertiary alicyclic amines) is 1. The van der Waals surface area contributed by atoms with E-state index >= 15 is 0 Å². The van der Waals surface area contributed by atoms with Gasteiger partial charge in [0.25, 0.3) is 5.91 Å². The number of halogens is 1. The van der Waals surface area contributed by atoms with E-state index in [1.54, 1.807) is 0 Å². The number of carbonyl (C=O) groups is 1. The molecule has 1 aliphatic rings. The minimum atomic E-state index is 0. The van der Waals surface area contributed by atoms with E-state index < -0.39 is 0 Å². The zero-order valence-electron chi connectivity index (χ0n) is 17.6. The minimum absolute atomic E-state index is 0. The van der Waals surface area contributed by atoms with Gasteiger partial charge in [-0.25, -0.2) is 0 Å².